The Hall–Kier alpha value is -2.23. The first-order chi connectivity index (χ1) is 11.4. The summed E-state index contributed by atoms with van der Waals surface area (Å²) in [5.41, 5.74) is 0.996. The maximum atomic E-state index is 12.3. The van der Waals surface area contributed by atoms with Crippen molar-refractivity contribution in [2.75, 3.05) is 0 Å². The molecule has 3 rings (SSSR count). The number of benzene rings is 1. The van der Waals surface area contributed by atoms with E-state index in [1.165, 1.54) is 6.92 Å². The third-order valence-electron chi connectivity index (χ3n) is 3.22. The van der Waals surface area contributed by atoms with Crippen LogP contribution in [0.25, 0.3) is 11.4 Å². The van der Waals surface area contributed by atoms with E-state index in [2.05, 4.69) is 20.0 Å². The zero-order valence-electron chi connectivity index (χ0n) is 12.8. The number of aromatic nitrogens is 3. The first-order valence-corrected chi connectivity index (χ1v) is 8.74. The molecule has 1 N–H and O–H groups in total. The fraction of sp³-hybridized carbons (Fsp3) is 0.214. The molecule has 0 fully saturated rings. The predicted molar refractivity (Wildman–Crippen MR) is 84.7 cm³/mol. The van der Waals surface area contributed by atoms with E-state index in [1.807, 2.05) is 0 Å². The van der Waals surface area contributed by atoms with Crippen molar-refractivity contribution in [1.82, 2.24) is 20.0 Å². The predicted octanol–water partition coefficient (Wildman–Crippen LogP) is 2.47. The lowest BCUT2D eigenvalue weighted by Gasteiger charge is -2.03. The van der Waals surface area contributed by atoms with Gasteiger partial charge in [0.05, 0.1) is 6.54 Å². The van der Waals surface area contributed by atoms with E-state index < -0.39 is 10.0 Å². The van der Waals surface area contributed by atoms with Gasteiger partial charge in [-0.2, -0.15) is 4.98 Å². The summed E-state index contributed by atoms with van der Waals surface area (Å²) in [4.78, 5) is 4.17. The molecule has 0 spiro atoms. The second-order valence-electron chi connectivity index (χ2n) is 5.00. The number of nitrogens with zero attached hydrogens (tertiary/aromatic N) is 3. The topological polar surface area (TPSA) is 111 Å². The summed E-state index contributed by atoms with van der Waals surface area (Å²) < 4.78 is 36.9. The van der Waals surface area contributed by atoms with Gasteiger partial charge in [-0.1, -0.05) is 21.9 Å². The lowest BCUT2D eigenvalue weighted by atomic mass is 10.2. The molecule has 24 heavy (non-hydrogen) atoms. The van der Waals surface area contributed by atoms with Gasteiger partial charge in [-0.05, 0) is 38.1 Å². The summed E-state index contributed by atoms with van der Waals surface area (Å²) in [6.07, 6.45) is 0. The van der Waals surface area contributed by atoms with Gasteiger partial charge in [-0.25, -0.2) is 13.1 Å². The Labute approximate surface area is 142 Å². The fourth-order valence-corrected chi connectivity index (χ4v) is 3.56. The second-order valence-corrected chi connectivity index (χ2v) is 7.14. The summed E-state index contributed by atoms with van der Waals surface area (Å²) >= 11 is 5.82. The van der Waals surface area contributed by atoms with Crippen molar-refractivity contribution in [1.29, 1.82) is 0 Å². The Morgan fingerprint density at radius 1 is 1.12 bits per heavy atom. The molecule has 0 bridgehead atoms. The lowest BCUT2D eigenvalue weighted by molar-refractivity contribution is 0.375. The number of hydrogen-bond acceptors (Lipinski definition) is 7. The van der Waals surface area contributed by atoms with Crippen LogP contribution in [-0.2, 0) is 16.6 Å². The number of rotatable bonds is 5. The molecule has 3 aromatic rings. The molecule has 0 saturated carbocycles. The number of sulfonamides is 1. The molecule has 0 atom stereocenters. The molecule has 0 amide bonds. The van der Waals surface area contributed by atoms with E-state index in [-0.39, 0.29) is 28.8 Å². The zero-order chi connectivity index (χ0) is 17.3. The summed E-state index contributed by atoms with van der Waals surface area (Å²) in [5.74, 6) is 0.695. The number of aryl methyl sites for hydroxylation is 2. The van der Waals surface area contributed by atoms with Crippen molar-refractivity contribution in [2.24, 2.45) is 0 Å². The van der Waals surface area contributed by atoms with Crippen molar-refractivity contribution in [3.63, 3.8) is 0 Å². The smallest absolute Gasteiger partial charge is 0.246 e. The first kappa shape index (κ1) is 16.6. The highest BCUT2D eigenvalue weighted by molar-refractivity contribution is 7.89. The van der Waals surface area contributed by atoms with E-state index in [4.69, 9.17) is 20.6 Å². The van der Waals surface area contributed by atoms with Crippen LogP contribution in [0.2, 0.25) is 5.02 Å². The average Bonchev–Trinajstić information content (AvgIpc) is 3.13. The molecule has 0 aliphatic heterocycles. The quantitative estimate of drug-likeness (QED) is 0.736. The van der Waals surface area contributed by atoms with Crippen molar-refractivity contribution < 1.29 is 17.5 Å². The zero-order valence-corrected chi connectivity index (χ0v) is 14.3. The third kappa shape index (κ3) is 3.32. The van der Waals surface area contributed by atoms with E-state index in [9.17, 15) is 8.42 Å². The molecule has 2 aromatic heterocycles. The molecule has 0 saturated heterocycles. The van der Waals surface area contributed by atoms with Crippen LogP contribution in [-0.4, -0.2) is 23.7 Å². The largest absolute Gasteiger partial charge is 0.360 e. The Kier molecular flexibility index (Phi) is 4.39. The summed E-state index contributed by atoms with van der Waals surface area (Å²) in [7, 11) is -3.79. The SMILES string of the molecule is Cc1noc(C)c1S(=O)(=O)NCc1nc(-c2ccc(Cl)cc2)no1. The summed E-state index contributed by atoms with van der Waals surface area (Å²) in [5, 5.41) is 8.04. The minimum Gasteiger partial charge on any atom is -0.360 e. The normalized spacial score (nSPS) is 11.8. The van der Waals surface area contributed by atoms with Crippen LogP contribution in [0.1, 0.15) is 17.3 Å². The summed E-state index contributed by atoms with van der Waals surface area (Å²) in [6, 6.07) is 6.89. The van der Waals surface area contributed by atoms with Crippen LogP contribution in [0.15, 0.2) is 38.2 Å². The third-order valence-corrected chi connectivity index (χ3v) is 5.12. The van der Waals surface area contributed by atoms with Gasteiger partial charge in [0.1, 0.15) is 10.6 Å². The monoisotopic (exact) mass is 368 g/mol. The van der Waals surface area contributed by atoms with Crippen molar-refractivity contribution >= 4 is 21.6 Å². The van der Waals surface area contributed by atoms with Gasteiger partial charge in [-0.3, -0.25) is 0 Å². The Balaban J connectivity index is 1.75. The van der Waals surface area contributed by atoms with Crippen LogP contribution >= 0.6 is 11.6 Å². The molecule has 10 heteroatoms. The van der Waals surface area contributed by atoms with Crippen molar-refractivity contribution in [2.45, 2.75) is 25.3 Å². The van der Waals surface area contributed by atoms with Crippen LogP contribution in [0.4, 0.5) is 0 Å². The molecule has 0 aliphatic rings. The van der Waals surface area contributed by atoms with E-state index in [0.29, 0.717) is 16.4 Å². The number of halogens is 1. The minimum absolute atomic E-state index is 0.0138. The second kappa shape index (κ2) is 6.34. The molecular formula is C14H13ClN4O4S. The van der Waals surface area contributed by atoms with E-state index in [0.717, 1.165) is 0 Å². The van der Waals surface area contributed by atoms with Gasteiger partial charge in [-0.15, -0.1) is 0 Å². The first-order valence-electron chi connectivity index (χ1n) is 6.88. The standard InChI is InChI=1S/C14H13ClN4O4S/c1-8-13(9(2)22-18-8)24(20,21)16-7-12-17-14(19-23-12)10-3-5-11(15)6-4-10/h3-6,16H,7H2,1-2H3. The van der Waals surface area contributed by atoms with Gasteiger partial charge in [0.25, 0.3) is 0 Å². The molecule has 0 radical (unpaired) electrons. The highest BCUT2D eigenvalue weighted by atomic mass is 35.5. The van der Waals surface area contributed by atoms with Gasteiger partial charge in [0.15, 0.2) is 5.76 Å². The Bertz CT molecular complexity index is 944. The Morgan fingerprint density at radius 2 is 1.83 bits per heavy atom. The number of nitrogens with one attached hydrogen (secondary N) is 1. The maximum absolute atomic E-state index is 12.3. The lowest BCUT2D eigenvalue weighted by Crippen LogP contribution is -2.24. The highest BCUT2D eigenvalue weighted by Crippen LogP contribution is 2.20. The fourth-order valence-electron chi connectivity index (χ4n) is 2.13. The average molecular weight is 369 g/mol. The molecular weight excluding hydrogens is 356 g/mol. The van der Waals surface area contributed by atoms with Gasteiger partial charge in [0, 0.05) is 10.6 Å². The summed E-state index contributed by atoms with van der Waals surface area (Å²) in [6.45, 7) is 2.93. The van der Waals surface area contributed by atoms with Gasteiger partial charge >= 0.3 is 0 Å². The van der Waals surface area contributed by atoms with Crippen LogP contribution in [0.5, 0.6) is 0 Å². The molecule has 0 unspecified atom stereocenters. The molecule has 8 nitrogen and oxygen atoms in total. The molecule has 0 aliphatic carbocycles. The molecule has 126 valence electrons. The maximum Gasteiger partial charge on any atom is 0.246 e. The molecule has 2 heterocycles. The highest BCUT2D eigenvalue weighted by Gasteiger charge is 2.24. The van der Waals surface area contributed by atoms with E-state index >= 15 is 0 Å². The van der Waals surface area contributed by atoms with Crippen molar-refractivity contribution in [3.8, 4) is 11.4 Å². The van der Waals surface area contributed by atoms with E-state index in [1.54, 1.807) is 31.2 Å². The number of hydrogen-bond donors (Lipinski definition) is 1. The van der Waals surface area contributed by atoms with Gasteiger partial charge in [0.2, 0.25) is 21.7 Å². The Morgan fingerprint density at radius 3 is 2.46 bits per heavy atom. The minimum atomic E-state index is -3.79. The van der Waals surface area contributed by atoms with Crippen molar-refractivity contribution in [3.05, 3.63) is 46.6 Å². The van der Waals surface area contributed by atoms with Crippen LogP contribution < -0.4 is 4.72 Å². The van der Waals surface area contributed by atoms with Gasteiger partial charge < -0.3 is 9.05 Å². The molecule has 1 aromatic carbocycles. The van der Waals surface area contributed by atoms with Crippen LogP contribution in [0, 0.1) is 13.8 Å². The van der Waals surface area contributed by atoms with Crippen LogP contribution in [0.3, 0.4) is 0 Å².